The van der Waals surface area contributed by atoms with Crippen LogP contribution in [0, 0.1) is 0 Å². The van der Waals surface area contributed by atoms with Crippen molar-refractivity contribution in [2.24, 2.45) is 5.14 Å². The molecule has 0 bridgehead atoms. The van der Waals surface area contributed by atoms with Crippen molar-refractivity contribution in [1.29, 1.82) is 0 Å². The highest BCUT2D eigenvalue weighted by Gasteiger charge is 2.28. The molecule has 2 N–H and O–H groups in total. The Labute approximate surface area is 120 Å². The summed E-state index contributed by atoms with van der Waals surface area (Å²) in [6.45, 7) is 7.36. The summed E-state index contributed by atoms with van der Waals surface area (Å²) in [5.41, 5.74) is 0.656. The molecule has 0 heterocycles. The Kier molecular flexibility index (Phi) is 5.09. The van der Waals surface area contributed by atoms with Crippen LogP contribution in [0.1, 0.15) is 13.8 Å². The first-order valence-corrected chi connectivity index (χ1v) is 8.85. The predicted octanol–water partition coefficient (Wildman–Crippen LogP) is 0.921. The number of rotatable bonds is 6. The summed E-state index contributed by atoms with van der Waals surface area (Å²) in [5.74, 6) is 0. The van der Waals surface area contributed by atoms with E-state index < -0.39 is 24.9 Å². The molecule has 1 rings (SSSR count). The maximum absolute atomic E-state index is 12.5. The molecular formula is C12H18N2O4S2. The molecule has 0 fully saturated rings. The zero-order valence-electron chi connectivity index (χ0n) is 11.4. The van der Waals surface area contributed by atoms with Gasteiger partial charge in [0, 0.05) is 13.1 Å². The standard InChI is InChI=1S/C12H18N2O4S2/c1-4-14(9-10(2)3)20(17,18)12-8-6-5-7-11(12)19(13,15)16/h5-8H,2,4,9H2,1,3H3,(H2,13,15,16). The lowest BCUT2D eigenvalue weighted by atomic mass is 10.3. The summed E-state index contributed by atoms with van der Waals surface area (Å²) < 4.78 is 49.2. The van der Waals surface area contributed by atoms with Crippen LogP contribution in [-0.2, 0) is 20.0 Å². The summed E-state index contributed by atoms with van der Waals surface area (Å²) in [5, 5.41) is 5.07. The first-order valence-electron chi connectivity index (χ1n) is 5.87. The van der Waals surface area contributed by atoms with Crippen LogP contribution < -0.4 is 5.14 Å². The number of likely N-dealkylation sites (N-methyl/N-ethyl adjacent to an activating group) is 1. The molecule has 8 heteroatoms. The van der Waals surface area contributed by atoms with Gasteiger partial charge in [0.05, 0.1) is 0 Å². The van der Waals surface area contributed by atoms with E-state index in [1.54, 1.807) is 13.8 Å². The Morgan fingerprint density at radius 1 is 1.20 bits per heavy atom. The summed E-state index contributed by atoms with van der Waals surface area (Å²) in [6.07, 6.45) is 0. The molecule has 0 radical (unpaired) electrons. The van der Waals surface area contributed by atoms with Gasteiger partial charge in [-0.2, -0.15) is 4.31 Å². The molecule has 0 aliphatic heterocycles. The maximum atomic E-state index is 12.5. The third kappa shape index (κ3) is 3.66. The Morgan fingerprint density at radius 2 is 1.70 bits per heavy atom. The fourth-order valence-corrected chi connectivity index (χ4v) is 4.57. The van der Waals surface area contributed by atoms with Crippen molar-refractivity contribution >= 4 is 20.0 Å². The minimum Gasteiger partial charge on any atom is -0.225 e. The first-order chi connectivity index (χ1) is 9.10. The lowest BCUT2D eigenvalue weighted by molar-refractivity contribution is 0.451. The van der Waals surface area contributed by atoms with Gasteiger partial charge in [0.2, 0.25) is 20.0 Å². The third-order valence-electron chi connectivity index (χ3n) is 2.57. The monoisotopic (exact) mass is 318 g/mol. The Balaban J connectivity index is 3.47. The van der Waals surface area contributed by atoms with E-state index in [2.05, 4.69) is 6.58 Å². The van der Waals surface area contributed by atoms with E-state index >= 15 is 0 Å². The molecule has 0 aromatic heterocycles. The molecule has 0 saturated carbocycles. The number of hydrogen-bond acceptors (Lipinski definition) is 4. The van der Waals surface area contributed by atoms with Gasteiger partial charge in [0.15, 0.2) is 0 Å². The van der Waals surface area contributed by atoms with Crippen molar-refractivity contribution in [3.63, 3.8) is 0 Å². The van der Waals surface area contributed by atoms with Crippen molar-refractivity contribution in [2.75, 3.05) is 13.1 Å². The number of benzene rings is 1. The van der Waals surface area contributed by atoms with E-state index in [1.807, 2.05) is 0 Å². The van der Waals surface area contributed by atoms with Crippen LogP contribution in [0.3, 0.4) is 0 Å². The smallest absolute Gasteiger partial charge is 0.225 e. The van der Waals surface area contributed by atoms with Crippen LogP contribution in [0.5, 0.6) is 0 Å². The summed E-state index contributed by atoms with van der Waals surface area (Å²) >= 11 is 0. The fraction of sp³-hybridized carbons (Fsp3) is 0.333. The van der Waals surface area contributed by atoms with E-state index in [0.717, 1.165) is 4.31 Å². The number of nitrogens with two attached hydrogens (primary N) is 1. The molecule has 1 aromatic carbocycles. The van der Waals surface area contributed by atoms with Crippen LogP contribution in [0.15, 0.2) is 46.2 Å². The van der Waals surface area contributed by atoms with Crippen molar-refractivity contribution in [3.8, 4) is 0 Å². The molecule has 1 aromatic rings. The second-order valence-corrected chi connectivity index (χ2v) is 7.82. The summed E-state index contributed by atoms with van der Waals surface area (Å²) in [7, 11) is -8.06. The van der Waals surface area contributed by atoms with Crippen LogP contribution in [0.4, 0.5) is 0 Å². The molecule has 0 saturated heterocycles. The second-order valence-electron chi connectivity index (χ2n) is 4.38. The predicted molar refractivity (Wildman–Crippen MR) is 77.1 cm³/mol. The summed E-state index contributed by atoms with van der Waals surface area (Å²) in [6, 6.07) is 5.29. The van der Waals surface area contributed by atoms with E-state index in [1.165, 1.54) is 24.3 Å². The fourth-order valence-electron chi connectivity index (χ4n) is 1.71. The lowest BCUT2D eigenvalue weighted by Crippen LogP contribution is -2.33. The van der Waals surface area contributed by atoms with Crippen LogP contribution in [0.2, 0.25) is 0 Å². The van der Waals surface area contributed by atoms with Crippen molar-refractivity contribution in [3.05, 3.63) is 36.4 Å². The van der Waals surface area contributed by atoms with E-state index in [9.17, 15) is 16.8 Å². The van der Waals surface area contributed by atoms with Gasteiger partial charge in [0.1, 0.15) is 9.79 Å². The minimum absolute atomic E-state index is 0.123. The van der Waals surface area contributed by atoms with Crippen LogP contribution in [0.25, 0.3) is 0 Å². The van der Waals surface area contributed by atoms with Gasteiger partial charge in [-0.1, -0.05) is 31.2 Å². The average Bonchev–Trinajstić information content (AvgIpc) is 2.34. The largest absolute Gasteiger partial charge is 0.244 e. The third-order valence-corrected chi connectivity index (χ3v) is 5.65. The highest BCUT2D eigenvalue weighted by Crippen LogP contribution is 2.23. The average molecular weight is 318 g/mol. The molecule has 20 heavy (non-hydrogen) atoms. The molecule has 112 valence electrons. The van der Waals surface area contributed by atoms with Gasteiger partial charge in [-0.05, 0) is 19.1 Å². The van der Waals surface area contributed by atoms with Crippen LogP contribution >= 0.6 is 0 Å². The number of nitrogens with zero attached hydrogens (tertiary/aromatic N) is 1. The van der Waals surface area contributed by atoms with Gasteiger partial charge < -0.3 is 0 Å². The normalized spacial score (nSPS) is 12.6. The number of sulfonamides is 2. The zero-order valence-corrected chi connectivity index (χ0v) is 13.0. The second kappa shape index (κ2) is 6.04. The Hall–Kier alpha value is -1.22. The minimum atomic E-state index is -4.12. The van der Waals surface area contributed by atoms with Crippen molar-refractivity contribution in [1.82, 2.24) is 4.31 Å². The molecule has 0 spiro atoms. The van der Waals surface area contributed by atoms with Gasteiger partial charge >= 0.3 is 0 Å². The lowest BCUT2D eigenvalue weighted by Gasteiger charge is -2.21. The van der Waals surface area contributed by atoms with Gasteiger partial charge in [-0.25, -0.2) is 22.0 Å². The molecule has 0 amide bonds. The zero-order chi connectivity index (χ0) is 15.6. The molecule has 0 atom stereocenters. The van der Waals surface area contributed by atoms with Crippen molar-refractivity contribution in [2.45, 2.75) is 23.6 Å². The van der Waals surface area contributed by atoms with Gasteiger partial charge in [-0.15, -0.1) is 0 Å². The number of primary sulfonamides is 1. The molecule has 0 aliphatic rings. The van der Waals surface area contributed by atoms with E-state index in [4.69, 9.17) is 5.14 Å². The molecular weight excluding hydrogens is 300 g/mol. The topological polar surface area (TPSA) is 97.5 Å². The van der Waals surface area contributed by atoms with E-state index in [0.29, 0.717) is 5.57 Å². The SMILES string of the molecule is C=C(C)CN(CC)S(=O)(=O)c1ccccc1S(N)(=O)=O. The highest BCUT2D eigenvalue weighted by molar-refractivity contribution is 7.92. The van der Waals surface area contributed by atoms with Crippen LogP contribution in [-0.4, -0.2) is 34.2 Å². The first kappa shape index (κ1) is 16.8. The Morgan fingerprint density at radius 3 is 2.10 bits per heavy atom. The van der Waals surface area contributed by atoms with E-state index in [-0.39, 0.29) is 18.0 Å². The maximum Gasteiger partial charge on any atom is 0.244 e. The number of hydrogen-bond donors (Lipinski definition) is 1. The molecule has 0 aliphatic carbocycles. The quantitative estimate of drug-likeness (QED) is 0.789. The van der Waals surface area contributed by atoms with Crippen molar-refractivity contribution < 1.29 is 16.8 Å². The van der Waals surface area contributed by atoms with Gasteiger partial charge in [-0.3, -0.25) is 0 Å². The summed E-state index contributed by atoms with van der Waals surface area (Å²) in [4.78, 5) is -0.717. The molecule has 0 unspecified atom stereocenters. The highest BCUT2D eigenvalue weighted by atomic mass is 32.2. The van der Waals surface area contributed by atoms with Gasteiger partial charge in [0.25, 0.3) is 0 Å². The molecule has 6 nitrogen and oxygen atoms in total. The Bertz CT molecular complexity index is 709.